The molecule has 1 aliphatic heterocycles. The number of hydrogen-bond donors (Lipinski definition) is 1. The van der Waals surface area contributed by atoms with Gasteiger partial charge in [-0.3, -0.25) is 4.79 Å². The van der Waals surface area contributed by atoms with Crippen LogP contribution >= 0.6 is 0 Å². The van der Waals surface area contributed by atoms with Crippen LogP contribution in [0.2, 0.25) is 0 Å². The Hall–Kier alpha value is -1.16. The predicted octanol–water partition coefficient (Wildman–Crippen LogP) is 1.67. The maximum atomic E-state index is 11.5. The molecule has 0 aliphatic carbocycles. The van der Waals surface area contributed by atoms with Crippen LogP contribution in [0.4, 0.5) is 0 Å². The highest BCUT2D eigenvalue weighted by atomic mass is 16.4. The lowest BCUT2D eigenvalue weighted by molar-refractivity contribution is -0.121. The number of oxazole rings is 1. The van der Waals surface area contributed by atoms with Crippen LogP contribution in [-0.2, 0) is 4.79 Å². The van der Waals surface area contributed by atoms with E-state index in [0.29, 0.717) is 24.5 Å². The Bertz CT molecular complexity index is 384. The summed E-state index contributed by atoms with van der Waals surface area (Å²) in [7, 11) is 0. The molecule has 0 spiro atoms. The minimum Gasteiger partial charge on any atom is -0.444 e. The topological polar surface area (TPSA) is 55.1 Å². The van der Waals surface area contributed by atoms with Gasteiger partial charge in [0.05, 0.1) is 11.7 Å². The molecule has 15 heavy (non-hydrogen) atoms. The number of hydrogen-bond acceptors (Lipinski definition) is 4. The van der Waals surface area contributed by atoms with Gasteiger partial charge in [-0.25, -0.2) is 4.98 Å². The molecular weight excluding hydrogens is 192 g/mol. The molecule has 4 nitrogen and oxygen atoms in total. The van der Waals surface area contributed by atoms with Gasteiger partial charge in [0, 0.05) is 25.8 Å². The van der Waals surface area contributed by atoms with Gasteiger partial charge in [-0.05, 0) is 13.8 Å². The second-order valence-electron chi connectivity index (χ2n) is 4.25. The Morgan fingerprint density at radius 3 is 2.67 bits per heavy atom. The van der Waals surface area contributed by atoms with Crippen LogP contribution in [0.5, 0.6) is 0 Å². The van der Waals surface area contributed by atoms with Crippen molar-refractivity contribution in [2.45, 2.75) is 45.7 Å². The van der Waals surface area contributed by atoms with Gasteiger partial charge in [0.15, 0.2) is 5.89 Å². The van der Waals surface area contributed by atoms with Crippen molar-refractivity contribution in [3.05, 3.63) is 17.3 Å². The van der Waals surface area contributed by atoms with Crippen LogP contribution in [-0.4, -0.2) is 16.8 Å². The van der Waals surface area contributed by atoms with Crippen molar-refractivity contribution in [3.8, 4) is 0 Å². The van der Waals surface area contributed by atoms with E-state index in [9.17, 15) is 4.79 Å². The summed E-state index contributed by atoms with van der Waals surface area (Å²) in [6, 6.07) is 0.225. The fourth-order valence-electron chi connectivity index (χ4n) is 2.15. The number of carbonyl (C=O) groups is 1. The molecule has 2 rings (SSSR count). The Kier molecular flexibility index (Phi) is 2.61. The number of aromatic nitrogens is 1. The van der Waals surface area contributed by atoms with Crippen molar-refractivity contribution in [3.63, 3.8) is 0 Å². The normalized spacial score (nSPS) is 27.0. The van der Waals surface area contributed by atoms with E-state index in [0.717, 1.165) is 11.5 Å². The Labute approximate surface area is 89.1 Å². The van der Waals surface area contributed by atoms with E-state index in [1.165, 1.54) is 0 Å². The molecule has 0 saturated carbocycles. The quantitative estimate of drug-likeness (QED) is 0.762. The molecule has 2 atom stereocenters. The number of Topliss-reactive ketones (excluding diaryl/α,β-unsaturated/α-hetero) is 1. The molecule has 82 valence electrons. The molecule has 2 unspecified atom stereocenters. The molecule has 1 fully saturated rings. The summed E-state index contributed by atoms with van der Waals surface area (Å²) >= 11 is 0. The highest BCUT2D eigenvalue weighted by Crippen LogP contribution is 2.26. The van der Waals surface area contributed by atoms with Gasteiger partial charge in [-0.1, -0.05) is 0 Å². The largest absolute Gasteiger partial charge is 0.444 e. The molecule has 1 aromatic rings. The summed E-state index contributed by atoms with van der Waals surface area (Å²) in [6.07, 6.45) is 1.13. The third kappa shape index (κ3) is 2.09. The van der Waals surface area contributed by atoms with Crippen LogP contribution < -0.4 is 5.32 Å². The average molecular weight is 208 g/mol. The van der Waals surface area contributed by atoms with Gasteiger partial charge in [0.1, 0.15) is 11.5 Å². The maximum Gasteiger partial charge on any atom is 0.191 e. The van der Waals surface area contributed by atoms with Gasteiger partial charge in [0.25, 0.3) is 0 Å². The summed E-state index contributed by atoms with van der Waals surface area (Å²) in [5, 5.41) is 3.36. The summed E-state index contributed by atoms with van der Waals surface area (Å²) in [5.74, 6) is 1.77. The molecule has 1 aliphatic rings. The van der Waals surface area contributed by atoms with Crippen molar-refractivity contribution in [2.24, 2.45) is 0 Å². The molecule has 0 aromatic carbocycles. The van der Waals surface area contributed by atoms with Gasteiger partial charge in [-0.2, -0.15) is 0 Å². The highest BCUT2D eigenvalue weighted by Gasteiger charge is 2.28. The van der Waals surface area contributed by atoms with Crippen molar-refractivity contribution in [1.29, 1.82) is 0 Å². The molecule has 0 amide bonds. The first-order chi connectivity index (χ1) is 7.06. The average Bonchev–Trinajstić information content (AvgIpc) is 2.43. The third-order valence-corrected chi connectivity index (χ3v) is 2.71. The van der Waals surface area contributed by atoms with Gasteiger partial charge in [0.2, 0.25) is 0 Å². The third-order valence-electron chi connectivity index (χ3n) is 2.71. The summed E-state index contributed by atoms with van der Waals surface area (Å²) < 4.78 is 5.52. The zero-order valence-electron chi connectivity index (χ0n) is 9.33. The monoisotopic (exact) mass is 208 g/mol. The van der Waals surface area contributed by atoms with E-state index in [4.69, 9.17) is 4.42 Å². The minimum atomic E-state index is 0.00227. The fraction of sp³-hybridized carbons (Fsp3) is 0.636. The maximum absolute atomic E-state index is 11.5. The number of piperidine rings is 1. The van der Waals surface area contributed by atoms with Crippen LogP contribution in [0.15, 0.2) is 4.42 Å². The molecule has 1 N–H and O–H groups in total. The molecule has 2 heterocycles. The summed E-state index contributed by atoms with van der Waals surface area (Å²) in [4.78, 5) is 15.7. The van der Waals surface area contributed by atoms with Gasteiger partial charge < -0.3 is 9.73 Å². The number of nitrogens with zero attached hydrogens (tertiary/aromatic N) is 1. The van der Waals surface area contributed by atoms with E-state index < -0.39 is 0 Å². The first-order valence-corrected chi connectivity index (χ1v) is 5.28. The van der Waals surface area contributed by atoms with E-state index in [-0.39, 0.29) is 12.1 Å². The Morgan fingerprint density at radius 1 is 1.40 bits per heavy atom. The molecule has 0 radical (unpaired) electrons. The second-order valence-corrected chi connectivity index (χ2v) is 4.25. The Balaban J connectivity index is 2.23. The van der Waals surface area contributed by atoms with Crippen LogP contribution in [0.1, 0.15) is 43.2 Å². The van der Waals surface area contributed by atoms with Crippen molar-refractivity contribution in [1.82, 2.24) is 10.3 Å². The smallest absolute Gasteiger partial charge is 0.191 e. The van der Waals surface area contributed by atoms with E-state index in [2.05, 4.69) is 10.3 Å². The fourth-order valence-corrected chi connectivity index (χ4v) is 2.15. The van der Waals surface area contributed by atoms with Crippen LogP contribution in [0.25, 0.3) is 0 Å². The zero-order valence-corrected chi connectivity index (χ0v) is 9.33. The number of ketones is 1. The lowest BCUT2D eigenvalue weighted by Crippen LogP contribution is -2.38. The van der Waals surface area contributed by atoms with Crippen molar-refractivity contribution >= 4 is 5.78 Å². The van der Waals surface area contributed by atoms with Gasteiger partial charge in [-0.15, -0.1) is 0 Å². The molecule has 0 bridgehead atoms. The van der Waals surface area contributed by atoms with Crippen LogP contribution in [0, 0.1) is 13.8 Å². The SMILES string of the molecule is Cc1nc(C)c(C2CC(=O)CC(C)N2)o1. The highest BCUT2D eigenvalue weighted by molar-refractivity contribution is 5.80. The van der Waals surface area contributed by atoms with E-state index >= 15 is 0 Å². The minimum absolute atomic E-state index is 0.00227. The summed E-state index contributed by atoms with van der Waals surface area (Å²) in [6.45, 7) is 5.75. The van der Waals surface area contributed by atoms with Crippen LogP contribution in [0.3, 0.4) is 0 Å². The number of carbonyl (C=O) groups excluding carboxylic acids is 1. The summed E-state index contributed by atoms with van der Waals surface area (Å²) in [5.41, 5.74) is 0.881. The Morgan fingerprint density at radius 2 is 2.13 bits per heavy atom. The molecular formula is C11H16N2O2. The predicted molar refractivity (Wildman–Crippen MR) is 55.6 cm³/mol. The first-order valence-electron chi connectivity index (χ1n) is 5.28. The second kappa shape index (κ2) is 3.77. The first kappa shape index (κ1) is 10.4. The van der Waals surface area contributed by atoms with Crippen molar-refractivity contribution in [2.75, 3.05) is 0 Å². The number of rotatable bonds is 1. The number of nitrogens with one attached hydrogen (secondary N) is 1. The standard InChI is InChI=1S/C11H16N2O2/c1-6-4-9(14)5-10(12-6)11-7(2)13-8(3)15-11/h6,10,12H,4-5H2,1-3H3. The molecule has 1 aromatic heterocycles. The lowest BCUT2D eigenvalue weighted by Gasteiger charge is -2.26. The lowest BCUT2D eigenvalue weighted by atomic mass is 9.96. The van der Waals surface area contributed by atoms with Crippen molar-refractivity contribution < 1.29 is 9.21 Å². The zero-order chi connectivity index (χ0) is 11.0. The van der Waals surface area contributed by atoms with Gasteiger partial charge >= 0.3 is 0 Å². The molecule has 4 heteroatoms. The van der Waals surface area contributed by atoms with E-state index in [1.807, 2.05) is 20.8 Å². The van der Waals surface area contributed by atoms with E-state index in [1.54, 1.807) is 0 Å². The molecule has 1 saturated heterocycles. The number of aryl methyl sites for hydroxylation is 2.